The van der Waals surface area contributed by atoms with E-state index in [0.717, 1.165) is 29.9 Å². The van der Waals surface area contributed by atoms with Crippen LogP contribution in [0.5, 0.6) is 0 Å². The maximum Gasteiger partial charge on any atom is 0.179 e. The van der Waals surface area contributed by atoms with E-state index in [4.69, 9.17) is 9.97 Å². The summed E-state index contributed by atoms with van der Waals surface area (Å²) >= 11 is 0. The highest BCUT2D eigenvalue weighted by atomic mass is 14.8. The minimum atomic E-state index is -0.363. The Kier molecular flexibility index (Phi) is 4.33. The molecule has 0 aliphatic heterocycles. The minimum absolute atomic E-state index is 0.363. The molecule has 0 spiro atoms. The topological polar surface area (TPSA) is 25.8 Å². The van der Waals surface area contributed by atoms with Crippen LogP contribution in [0.4, 0.5) is 0 Å². The fraction of sp³-hybridized carbons (Fsp3) is 0.158. The van der Waals surface area contributed by atoms with Crippen molar-refractivity contribution in [2.24, 2.45) is 0 Å². The zero-order valence-corrected chi connectivity index (χ0v) is 14.0. The van der Waals surface area contributed by atoms with Crippen LogP contribution in [0.25, 0.3) is 0 Å². The fourth-order valence-corrected chi connectivity index (χ4v) is 2.97. The van der Waals surface area contributed by atoms with Gasteiger partial charge in [0.15, 0.2) is 15.1 Å². The molecule has 23 heavy (non-hydrogen) atoms. The van der Waals surface area contributed by atoms with E-state index < -0.39 is 0 Å². The number of pyridine rings is 2. The van der Waals surface area contributed by atoms with Crippen molar-refractivity contribution in [3.05, 3.63) is 83.7 Å². The molecule has 2 heterocycles. The van der Waals surface area contributed by atoms with Gasteiger partial charge in [0.1, 0.15) is 0 Å². The SMILES string of the molecule is Bc1cccc(C(C)(c2ccccc2)c2cccc(BC)n2)n1. The molecule has 1 atom stereocenters. The third kappa shape index (κ3) is 2.94. The van der Waals surface area contributed by atoms with Crippen LogP contribution in [-0.4, -0.2) is 25.1 Å². The monoisotopic (exact) mass is 298 g/mol. The second kappa shape index (κ2) is 6.41. The summed E-state index contributed by atoms with van der Waals surface area (Å²) < 4.78 is 0. The molecule has 0 radical (unpaired) electrons. The van der Waals surface area contributed by atoms with Crippen LogP contribution in [0.2, 0.25) is 6.82 Å². The summed E-state index contributed by atoms with van der Waals surface area (Å²) in [5, 5.41) is 0. The Balaban J connectivity index is 2.25. The smallest absolute Gasteiger partial charge is 0.179 e. The molecule has 0 saturated carbocycles. The number of rotatable bonds is 4. The molecule has 1 unspecified atom stereocenters. The normalized spacial score (nSPS) is 13.3. The van der Waals surface area contributed by atoms with Gasteiger partial charge in [-0.3, -0.25) is 9.97 Å². The van der Waals surface area contributed by atoms with Gasteiger partial charge in [-0.15, -0.1) is 0 Å². The summed E-state index contributed by atoms with van der Waals surface area (Å²) in [6, 6.07) is 23.0. The van der Waals surface area contributed by atoms with Gasteiger partial charge >= 0.3 is 0 Å². The van der Waals surface area contributed by atoms with E-state index in [1.807, 2.05) is 20.0 Å². The Morgan fingerprint density at radius 1 is 0.826 bits per heavy atom. The fourth-order valence-electron chi connectivity index (χ4n) is 2.97. The van der Waals surface area contributed by atoms with Crippen LogP contribution in [0.15, 0.2) is 66.7 Å². The second-order valence-electron chi connectivity index (χ2n) is 6.02. The molecule has 0 aliphatic carbocycles. The van der Waals surface area contributed by atoms with Gasteiger partial charge in [0, 0.05) is 0 Å². The number of benzene rings is 1. The molecule has 112 valence electrons. The number of hydrogen-bond acceptors (Lipinski definition) is 2. The van der Waals surface area contributed by atoms with E-state index in [-0.39, 0.29) is 5.41 Å². The molecule has 2 nitrogen and oxygen atoms in total. The molecule has 0 N–H and O–H groups in total. The van der Waals surface area contributed by atoms with E-state index in [1.54, 1.807) is 0 Å². The van der Waals surface area contributed by atoms with E-state index >= 15 is 0 Å². The Bertz CT molecular complexity index is 805. The maximum absolute atomic E-state index is 4.91. The van der Waals surface area contributed by atoms with Crippen molar-refractivity contribution in [2.75, 3.05) is 0 Å². The van der Waals surface area contributed by atoms with E-state index in [2.05, 4.69) is 68.3 Å². The number of aromatic nitrogens is 2. The highest BCUT2D eigenvalue weighted by molar-refractivity contribution is 6.50. The summed E-state index contributed by atoms with van der Waals surface area (Å²) in [6.45, 7) is 4.35. The van der Waals surface area contributed by atoms with Crippen LogP contribution < -0.4 is 11.2 Å². The van der Waals surface area contributed by atoms with Crippen molar-refractivity contribution < 1.29 is 0 Å². The molecule has 0 amide bonds. The zero-order chi connectivity index (χ0) is 16.3. The van der Waals surface area contributed by atoms with Crippen molar-refractivity contribution in [3.63, 3.8) is 0 Å². The predicted octanol–water partition coefficient (Wildman–Crippen LogP) is 1.20. The minimum Gasteiger partial charge on any atom is -0.267 e. The second-order valence-corrected chi connectivity index (χ2v) is 6.02. The Labute approximate surface area is 139 Å². The lowest BCUT2D eigenvalue weighted by Crippen LogP contribution is -2.32. The summed E-state index contributed by atoms with van der Waals surface area (Å²) in [5.74, 6) is 0. The quantitative estimate of drug-likeness (QED) is 0.676. The lowest BCUT2D eigenvalue weighted by molar-refractivity contribution is 0.645. The molecule has 2 aromatic heterocycles. The van der Waals surface area contributed by atoms with Gasteiger partial charge in [-0.1, -0.05) is 61.4 Å². The van der Waals surface area contributed by atoms with Crippen molar-refractivity contribution in [2.45, 2.75) is 19.2 Å². The zero-order valence-electron chi connectivity index (χ0n) is 14.0. The first kappa shape index (κ1) is 15.5. The lowest BCUT2D eigenvalue weighted by Gasteiger charge is -2.30. The van der Waals surface area contributed by atoms with E-state index in [0.29, 0.717) is 0 Å². The average Bonchev–Trinajstić information content (AvgIpc) is 2.62. The van der Waals surface area contributed by atoms with Gasteiger partial charge in [0.05, 0.1) is 16.8 Å². The standard InChI is InChI=1S/C19H20B2N2/c1-19(14-8-4-3-5-9-14,15-10-6-12-17(20)22-15)16-11-7-13-18(21-2)23-16/h3-13,21H,20H2,1-2H3. The van der Waals surface area contributed by atoms with Crippen LogP contribution in [0.3, 0.4) is 0 Å². The summed E-state index contributed by atoms with van der Waals surface area (Å²) in [6.07, 6.45) is 0. The van der Waals surface area contributed by atoms with E-state index in [1.165, 1.54) is 5.56 Å². The largest absolute Gasteiger partial charge is 0.267 e. The number of nitrogens with zero attached hydrogens (tertiary/aromatic N) is 2. The summed E-state index contributed by atoms with van der Waals surface area (Å²) in [7, 11) is 2.96. The Morgan fingerprint density at radius 2 is 1.48 bits per heavy atom. The first-order chi connectivity index (χ1) is 11.1. The van der Waals surface area contributed by atoms with Gasteiger partial charge in [0.25, 0.3) is 0 Å². The first-order valence-electron chi connectivity index (χ1n) is 8.10. The lowest BCUT2D eigenvalue weighted by atomic mass is 9.73. The van der Waals surface area contributed by atoms with Gasteiger partial charge in [-0.05, 0) is 35.8 Å². The molecule has 4 heteroatoms. The van der Waals surface area contributed by atoms with Gasteiger partial charge in [0.2, 0.25) is 0 Å². The van der Waals surface area contributed by atoms with Gasteiger partial charge in [-0.25, -0.2) is 0 Å². The molecule has 0 bridgehead atoms. The van der Waals surface area contributed by atoms with Crippen LogP contribution in [0.1, 0.15) is 23.9 Å². The highest BCUT2D eigenvalue weighted by Crippen LogP contribution is 2.35. The van der Waals surface area contributed by atoms with Crippen LogP contribution in [0, 0.1) is 0 Å². The van der Waals surface area contributed by atoms with Crippen molar-refractivity contribution in [1.82, 2.24) is 9.97 Å². The predicted molar refractivity (Wildman–Crippen MR) is 101 cm³/mol. The van der Waals surface area contributed by atoms with Crippen LogP contribution in [-0.2, 0) is 5.41 Å². The third-order valence-electron chi connectivity index (χ3n) is 4.43. The van der Waals surface area contributed by atoms with Crippen molar-refractivity contribution in [1.29, 1.82) is 0 Å². The van der Waals surface area contributed by atoms with E-state index in [9.17, 15) is 0 Å². The van der Waals surface area contributed by atoms with Crippen molar-refractivity contribution >= 4 is 26.3 Å². The first-order valence-corrected chi connectivity index (χ1v) is 8.10. The van der Waals surface area contributed by atoms with Crippen molar-refractivity contribution in [3.8, 4) is 0 Å². The summed E-state index contributed by atoms with van der Waals surface area (Å²) in [5.41, 5.74) is 5.05. The van der Waals surface area contributed by atoms with Crippen LogP contribution >= 0.6 is 0 Å². The molecule has 3 aromatic rings. The molecular formula is C19H20B2N2. The maximum atomic E-state index is 4.91. The third-order valence-corrected chi connectivity index (χ3v) is 4.43. The number of hydrogen-bond donors (Lipinski definition) is 0. The average molecular weight is 298 g/mol. The molecule has 3 rings (SSSR count). The molecule has 0 aliphatic rings. The van der Waals surface area contributed by atoms with Gasteiger partial charge in [-0.2, -0.15) is 0 Å². The highest BCUT2D eigenvalue weighted by Gasteiger charge is 2.34. The molecule has 0 saturated heterocycles. The molecule has 1 aromatic carbocycles. The Hall–Kier alpha value is -2.35. The molecular weight excluding hydrogens is 278 g/mol. The summed E-state index contributed by atoms with van der Waals surface area (Å²) in [4.78, 5) is 9.72. The molecule has 0 fully saturated rings. The van der Waals surface area contributed by atoms with Gasteiger partial charge < -0.3 is 0 Å². The Morgan fingerprint density at radius 3 is 2.13 bits per heavy atom.